The molecule has 3 rings (SSSR count). The first-order valence-electron chi connectivity index (χ1n) is 9.70. The third kappa shape index (κ3) is 4.46. The Balaban J connectivity index is 1.66. The SMILES string of the molecule is CNC(=O)c1ccc([C@H]2CCCCN2C[C@@H](O)CN2CCOCC2)n1C. The average molecular weight is 364 g/mol. The quantitative estimate of drug-likeness (QED) is 0.774. The predicted octanol–water partition coefficient (Wildman–Crippen LogP) is 0.605. The van der Waals surface area contributed by atoms with E-state index in [9.17, 15) is 9.90 Å². The smallest absolute Gasteiger partial charge is 0.267 e. The molecule has 146 valence electrons. The number of nitrogens with zero attached hydrogens (tertiary/aromatic N) is 3. The lowest BCUT2D eigenvalue weighted by Gasteiger charge is -2.38. The van der Waals surface area contributed by atoms with Gasteiger partial charge in [-0.1, -0.05) is 6.42 Å². The summed E-state index contributed by atoms with van der Waals surface area (Å²) < 4.78 is 7.38. The third-order valence-electron chi connectivity index (χ3n) is 5.59. The number of likely N-dealkylation sites (tertiary alicyclic amines) is 1. The number of aromatic nitrogens is 1. The number of amides is 1. The van der Waals surface area contributed by atoms with E-state index in [2.05, 4.69) is 21.2 Å². The number of aliphatic hydroxyl groups is 1. The number of morpholine rings is 1. The first kappa shape index (κ1) is 19.4. The number of carbonyl (C=O) groups is 1. The molecule has 3 heterocycles. The van der Waals surface area contributed by atoms with E-state index in [1.54, 1.807) is 7.05 Å². The van der Waals surface area contributed by atoms with E-state index in [1.807, 2.05) is 17.7 Å². The predicted molar refractivity (Wildman–Crippen MR) is 100 cm³/mol. The molecule has 0 unspecified atom stereocenters. The van der Waals surface area contributed by atoms with Crippen molar-refractivity contribution < 1.29 is 14.6 Å². The fourth-order valence-corrected chi connectivity index (χ4v) is 4.17. The van der Waals surface area contributed by atoms with Gasteiger partial charge in [-0.15, -0.1) is 0 Å². The van der Waals surface area contributed by atoms with E-state index < -0.39 is 0 Å². The van der Waals surface area contributed by atoms with Crippen LogP contribution in [-0.2, 0) is 11.8 Å². The summed E-state index contributed by atoms with van der Waals surface area (Å²) in [6, 6.07) is 4.21. The van der Waals surface area contributed by atoms with E-state index >= 15 is 0 Å². The van der Waals surface area contributed by atoms with Gasteiger partial charge in [-0.05, 0) is 31.5 Å². The summed E-state index contributed by atoms with van der Waals surface area (Å²) in [5.74, 6) is -0.0616. The molecule has 0 aliphatic carbocycles. The van der Waals surface area contributed by atoms with Gasteiger partial charge in [0.15, 0.2) is 0 Å². The number of hydrogen-bond donors (Lipinski definition) is 2. The highest BCUT2D eigenvalue weighted by atomic mass is 16.5. The molecule has 2 fully saturated rings. The topological polar surface area (TPSA) is 70.0 Å². The zero-order valence-corrected chi connectivity index (χ0v) is 16.0. The maximum absolute atomic E-state index is 12.0. The van der Waals surface area contributed by atoms with Crippen molar-refractivity contribution in [3.05, 3.63) is 23.5 Å². The highest BCUT2D eigenvalue weighted by molar-refractivity contribution is 5.92. The van der Waals surface area contributed by atoms with Gasteiger partial charge in [0.05, 0.1) is 25.4 Å². The molecule has 2 atom stereocenters. The Kier molecular flexibility index (Phi) is 6.69. The standard InChI is InChI=1S/C19H32N4O3/c1-20-19(25)18-7-6-16(21(18)2)17-5-3-4-8-23(17)14-15(24)13-22-9-11-26-12-10-22/h6-7,15,17,24H,3-5,8-14H2,1-2H3,(H,20,25)/t15-,17+/m0/s1. The van der Waals surface area contributed by atoms with Crippen LogP contribution in [0.5, 0.6) is 0 Å². The third-order valence-corrected chi connectivity index (χ3v) is 5.59. The summed E-state index contributed by atoms with van der Waals surface area (Å²) in [5, 5.41) is 13.3. The lowest BCUT2D eigenvalue weighted by Crippen LogP contribution is -2.46. The van der Waals surface area contributed by atoms with Gasteiger partial charge in [0.25, 0.3) is 5.91 Å². The van der Waals surface area contributed by atoms with Crippen LogP contribution in [0.2, 0.25) is 0 Å². The lowest BCUT2D eigenvalue weighted by molar-refractivity contribution is -0.00103. The Morgan fingerprint density at radius 1 is 1.27 bits per heavy atom. The van der Waals surface area contributed by atoms with Crippen molar-refractivity contribution in [1.82, 2.24) is 19.7 Å². The van der Waals surface area contributed by atoms with Gasteiger partial charge in [0.2, 0.25) is 0 Å². The molecule has 0 bridgehead atoms. The van der Waals surface area contributed by atoms with Crippen LogP contribution in [0, 0.1) is 0 Å². The van der Waals surface area contributed by atoms with Crippen LogP contribution in [-0.4, -0.2) is 84.5 Å². The van der Waals surface area contributed by atoms with Crippen LogP contribution in [0.4, 0.5) is 0 Å². The Hall–Kier alpha value is -1.41. The number of piperidine rings is 1. The van der Waals surface area contributed by atoms with Gasteiger partial charge in [-0.2, -0.15) is 0 Å². The molecule has 0 radical (unpaired) electrons. The number of β-amino-alcohol motifs (C(OH)–C–C–N with tert-alkyl or cyclic N) is 1. The highest BCUT2D eigenvalue weighted by Crippen LogP contribution is 2.31. The number of carbonyl (C=O) groups excluding carboxylic acids is 1. The summed E-state index contributed by atoms with van der Waals surface area (Å²) in [6.45, 7) is 5.66. The van der Waals surface area contributed by atoms with Crippen LogP contribution in [0.25, 0.3) is 0 Å². The molecule has 2 N–H and O–H groups in total. The molecule has 1 amide bonds. The molecule has 0 aromatic carbocycles. The number of ether oxygens (including phenoxy) is 1. The van der Waals surface area contributed by atoms with Crippen LogP contribution in [0.3, 0.4) is 0 Å². The van der Waals surface area contributed by atoms with Crippen molar-refractivity contribution in [3.8, 4) is 0 Å². The maximum Gasteiger partial charge on any atom is 0.267 e. The van der Waals surface area contributed by atoms with Crippen molar-refractivity contribution in [3.63, 3.8) is 0 Å². The van der Waals surface area contributed by atoms with Crippen LogP contribution >= 0.6 is 0 Å². The maximum atomic E-state index is 12.0. The van der Waals surface area contributed by atoms with Gasteiger partial charge in [-0.25, -0.2) is 0 Å². The molecule has 2 saturated heterocycles. The van der Waals surface area contributed by atoms with Crippen molar-refractivity contribution in [2.24, 2.45) is 7.05 Å². The molecule has 0 saturated carbocycles. The summed E-state index contributed by atoms with van der Waals surface area (Å²) in [6.07, 6.45) is 3.04. The molecular weight excluding hydrogens is 332 g/mol. The monoisotopic (exact) mass is 364 g/mol. The molecule has 0 spiro atoms. The van der Waals surface area contributed by atoms with E-state index in [4.69, 9.17) is 4.74 Å². The number of rotatable bonds is 6. The molecule has 1 aromatic heterocycles. The minimum absolute atomic E-state index is 0.0616. The Morgan fingerprint density at radius 2 is 2.04 bits per heavy atom. The Bertz CT molecular complexity index is 598. The normalized spacial score (nSPS) is 23.7. The molecule has 2 aliphatic rings. The zero-order valence-electron chi connectivity index (χ0n) is 16.0. The minimum Gasteiger partial charge on any atom is -0.390 e. The number of hydrogen-bond acceptors (Lipinski definition) is 5. The molecule has 2 aliphatic heterocycles. The Morgan fingerprint density at radius 3 is 2.77 bits per heavy atom. The molecule has 7 heteroatoms. The van der Waals surface area contributed by atoms with Gasteiger partial charge < -0.3 is 19.7 Å². The van der Waals surface area contributed by atoms with Gasteiger partial charge in [0.1, 0.15) is 5.69 Å². The van der Waals surface area contributed by atoms with Crippen LogP contribution in [0.15, 0.2) is 12.1 Å². The molecule has 26 heavy (non-hydrogen) atoms. The summed E-state index contributed by atoms with van der Waals surface area (Å²) in [4.78, 5) is 16.7. The van der Waals surface area contributed by atoms with Crippen LogP contribution in [0.1, 0.15) is 41.5 Å². The fourth-order valence-electron chi connectivity index (χ4n) is 4.17. The summed E-state index contributed by atoms with van der Waals surface area (Å²) in [5.41, 5.74) is 1.84. The molecule has 7 nitrogen and oxygen atoms in total. The van der Waals surface area contributed by atoms with E-state index in [0.717, 1.165) is 51.4 Å². The molecular formula is C19H32N4O3. The molecule has 1 aromatic rings. The fraction of sp³-hybridized carbons (Fsp3) is 0.737. The van der Waals surface area contributed by atoms with E-state index in [-0.39, 0.29) is 18.1 Å². The van der Waals surface area contributed by atoms with Crippen molar-refractivity contribution in [1.29, 1.82) is 0 Å². The van der Waals surface area contributed by atoms with Gasteiger partial charge in [-0.3, -0.25) is 14.6 Å². The van der Waals surface area contributed by atoms with Crippen molar-refractivity contribution in [2.45, 2.75) is 31.4 Å². The first-order valence-corrected chi connectivity index (χ1v) is 9.70. The van der Waals surface area contributed by atoms with Crippen molar-refractivity contribution >= 4 is 5.91 Å². The second kappa shape index (κ2) is 8.99. The van der Waals surface area contributed by atoms with Gasteiger partial charge in [0, 0.05) is 46.0 Å². The summed E-state index contributed by atoms with van der Waals surface area (Å²) in [7, 11) is 3.61. The van der Waals surface area contributed by atoms with Crippen molar-refractivity contribution in [2.75, 3.05) is 53.0 Å². The first-order chi connectivity index (χ1) is 12.6. The number of aliphatic hydroxyl groups excluding tert-OH is 1. The zero-order chi connectivity index (χ0) is 18.5. The highest BCUT2D eigenvalue weighted by Gasteiger charge is 2.29. The van der Waals surface area contributed by atoms with E-state index in [0.29, 0.717) is 18.8 Å². The second-order valence-corrected chi connectivity index (χ2v) is 7.35. The Labute approximate surface area is 155 Å². The average Bonchev–Trinajstić information content (AvgIpc) is 3.03. The second-order valence-electron chi connectivity index (χ2n) is 7.35. The summed E-state index contributed by atoms with van der Waals surface area (Å²) >= 11 is 0. The van der Waals surface area contributed by atoms with E-state index in [1.165, 1.54) is 6.42 Å². The van der Waals surface area contributed by atoms with Crippen LogP contribution < -0.4 is 5.32 Å². The number of nitrogens with one attached hydrogen (secondary N) is 1. The lowest BCUT2D eigenvalue weighted by atomic mass is 9.98. The largest absolute Gasteiger partial charge is 0.390 e. The van der Waals surface area contributed by atoms with Gasteiger partial charge >= 0.3 is 0 Å². The minimum atomic E-state index is -0.368.